The third-order valence-electron chi connectivity index (χ3n) is 6.72. The Morgan fingerprint density at radius 3 is 1.71 bits per heavy atom. The molecule has 0 aliphatic carbocycles. The van der Waals surface area contributed by atoms with Gasteiger partial charge in [-0.25, -0.2) is 8.42 Å². The van der Waals surface area contributed by atoms with Crippen molar-refractivity contribution in [1.29, 1.82) is 0 Å². The SMILES string of the molecule is O=S(=O)(Nc1ccc(NCc2ccc(Br)c3ccccc23)c2ccccc12)c1ccc(Br)c2ccccc12. The predicted octanol–water partition coefficient (Wildman–Crippen LogP) is 9.08. The molecule has 0 heterocycles. The number of hydrogen-bond donors (Lipinski definition) is 2. The van der Waals surface area contributed by atoms with Crippen molar-refractivity contribution in [3.05, 3.63) is 124 Å². The molecule has 0 atom stereocenters. The fourth-order valence-corrected chi connectivity index (χ4v) is 7.13. The summed E-state index contributed by atoms with van der Waals surface area (Å²) in [6.07, 6.45) is 0. The third-order valence-corrected chi connectivity index (χ3v) is 9.53. The van der Waals surface area contributed by atoms with E-state index in [-0.39, 0.29) is 4.90 Å². The molecule has 188 valence electrons. The molecule has 6 aromatic rings. The number of benzene rings is 6. The van der Waals surface area contributed by atoms with Crippen LogP contribution in [-0.2, 0) is 16.6 Å². The van der Waals surface area contributed by atoms with Gasteiger partial charge in [0, 0.05) is 37.3 Å². The Kier molecular flexibility index (Phi) is 6.60. The molecule has 0 aromatic heterocycles. The second-order valence-corrected chi connectivity index (χ2v) is 12.4. The molecule has 0 bridgehead atoms. The molecular weight excluding hydrogens is 624 g/mol. The highest BCUT2D eigenvalue weighted by Gasteiger charge is 2.20. The summed E-state index contributed by atoms with van der Waals surface area (Å²) in [5.41, 5.74) is 2.65. The van der Waals surface area contributed by atoms with Gasteiger partial charge in [0.1, 0.15) is 0 Å². The Labute approximate surface area is 238 Å². The first-order chi connectivity index (χ1) is 18.4. The molecule has 0 spiro atoms. The Morgan fingerprint density at radius 2 is 1.03 bits per heavy atom. The second-order valence-electron chi connectivity index (χ2n) is 9.01. The van der Waals surface area contributed by atoms with Gasteiger partial charge in [-0.2, -0.15) is 0 Å². The molecule has 38 heavy (non-hydrogen) atoms. The van der Waals surface area contributed by atoms with Crippen molar-refractivity contribution in [2.45, 2.75) is 11.4 Å². The smallest absolute Gasteiger partial charge is 0.262 e. The monoisotopic (exact) mass is 644 g/mol. The lowest BCUT2D eigenvalue weighted by Crippen LogP contribution is -2.14. The van der Waals surface area contributed by atoms with Crippen LogP contribution in [-0.4, -0.2) is 8.42 Å². The molecule has 0 saturated carbocycles. The number of hydrogen-bond acceptors (Lipinski definition) is 3. The van der Waals surface area contributed by atoms with Crippen LogP contribution in [0.1, 0.15) is 5.56 Å². The van der Waals surface area contributed by atoms with Crippen molar-refractivity contribution in [3.63, 3.8) is 0 Å². The van der Waals surface area contributed by atoms with Crippen LogP contribution in [0.5, 0.6) is 0 Å². The maximum absolute atomic E-state index is 13.6. The summed E-state index contributed by atoms with van der Waals surface area (Å²) in [5.74, 6) is 0. The lowest BCUT2D eigenvalue weighted by Gasteiger charge is -2.16. The van der Waals surface area contributed by atoms with Crippen LogP contribution in [0.4, 0.5) is 11.4 Å². The molecule has 4 nitrogen and oxygen atoms in total. The number of fused-ring (bicyclic) bond motifs is 3. The van der Waals surface area contributed by atoms with Crippen LogP contribution in [0.3, 0.4) is 0 Å². The van der Waals surface area contributed by atoms with Gasteiger partial charge in [0.05, 0.1) is 10.6 Å². The van der Waals surface area contributed by atoms with Crippen molar-refractivity contribution in [1.82, 2.24) is 0 Å². The van der Waals surface area contributed by atoms with E-state index in [1.165, 1.54) is 16.3 Å². The number of nitrogens with one attached hydrogen (secondary N) is 2. The first-order valence-electron chi connectivity index (χ1n) is 12.0. The van der Waals surface area contributed by atoms with E-state index in [4.69, 9.17) is 0 Å². The molecule has 6 rings (SSSR count). The Bertz CT molecular complexity index is 1960. The number of halogens is 2. The zero-order valence-electron chi connectivity index (χ0n) is 20.1. The standard InChI is InChI=1S/C31H22Br2N2O2S/c32-27-14-13-20(21-7-1-2-8-22(21)27)19-34-29-16-17-30(25-11-5-4-10-24(25)29)35-38(36,37)31-18-15-28(33)23-9-3-6-12-26(23)31/h1-18,34-35H,19H2. The molecule has 7 heteroatoms. The van der Waals surface area contributed by atoms with E-state index in [2.05, 4.69) is 66.2 Å². The van der Waals surface area contributed by atoms with Crippen LogP contribution < -0.4 is 10.0 Å². The zero-order chi connectivity index (χ0) is 26.3. The summed E-state index contributed by atoms with van der Waals surface area (Å²) in [5, 5.41) is 9.20. The van der Waals surface area contributed by atoms with Gasteiger partial charge in [0.2, 0.25) is 0 Å². The summed E-state index contributed by atoms with van der Waals surface area (Å²) < 4.78 is 31.9. The van der Waals surface area contributed by atoms with E-state index in [0.717, 1.165) is 30.8 Å². The van der Waals surface area contributed by atoms with Gasteiger partial charge < -0.3 is 5.32 Å². The van der Waals surface area contributed by atoms with Gasteiger partial charge in [0.25, 0.3) is 10.0 Å². The Balaban J connectivity index is 1.35. The van der Waals surface area contributed by atoms with Gasteiger partial charge >= 0.3 is 0 Å². The van der Waals surface area contributed by atoms with Crippen molar-refractivity contribution in [3.8, 4) is 0 Å². The summed E-state index contributed by atoms with van der Waals surface area (Å²) in [6, 6.07) is 35.0. The number of anilines is 2. The van der Waals surface area contributed by atoms with Crippen molar-refractivity contribution >= 4 is 85.6 Å². The van der Waals surface area contributed by atoms with Gasteiger partial charge in [0.15, 0.2) is 0 Å². The van der Waals surface area contributed by atoms with E-state index < -0.39 is 10.0 Å². The zero-order valence-corrected chi connectivity index (χ0v) is 24.1. The van der Waals surface area contributed by atoms with Crippen LogP contribution in [0.25, 0.3) is 32.3 Å². The molecular formula is C31H22Br2N2O2S. The summed E-state index contributed by atoms with van der Waals surface area (Å²) in [6.45, 7) is 0.633. The highest BCUT2D eigenvalue weighted by molar-refractivity contribution is 9.11. The fraction of sp³-hybridized carbons (Fsp3) is 0.0323. The average molecular weight is 646 g/mol. The topological polar surface area (TPSA) is 58.2 Å². The Morgan fingerprint density at radius 1 is 0.526 bits per heavy atom. The predicted molar refractivity (Wildman–Crippen MR) is 165 cm³/mol. The second kappa shape index (κ2) is 10.1. The van der Waals surface area contributed by atoms with Crippen LogP contribution in [0, 0.1) is 0 Å². The summed E-state index contributed by atoms with van der Waals surface area (Å²) in [4.78, 5) is 0.240. The quantitative estimate of drug-likeness (QED) is 0.190. The van der Waals surface area contributed by atoms with Crippen molar-refractivity contribution in [2.24, 2.45) is 0 Å². The van der Waals surface area contributed by atoms with E-state index in [9.17, 15) is 8.42 Å². The number of rotatable bonds is 6. The normalized spacial score (nSPS) is 11.7. The lowest BCUT2D eigenvalue weighted by molar-refractivity contribution is 0.602. The highest BCUT2D eigenvalue weighted by Crippen LogP contribution is 2.35. The molecule has 0 fully saturated rings. The van der Waals surface area contributed by atoms with E-state index in [0.29, 0.717) is 17.6 Å². The first-order valence-corrected chi connectivity index (χ1v) is 15.1. The average Bonchev–Trinajstić information content (AvgIpc) is 2.94. The van der Waals surface area contributed by atoms with E-state index in [1.807, 2.05) is 72.8 Å². The fourth-order valence-electron chi connectivity index (χ4n) is 4.88. The minimum Gasteiger partial charge on any atom is -0.380 e. The third kappa shape index (κ3) is 4.55. The van der Waals surface area contributed by atoms with Crippen LogP contribution >= 0.6 is 31.9 Å². The molecule has 0 unspecified atom stereocenters. The lowest BCUT2D eigenvalue weighted by atomic mass is 10.0. The van der Waals surface area contributed by atoms with Crippen LogP contribution in [0.15, 0.2) is 123 Å². The Hall–Kier alpha value is -3.39. The maximum Gasteiger partial charge on any atom is 0.262 e. The van der Waals surface area contributed by atoms with E-state index in [1.54, 1.807) is 12.1 Å². The van der Waals surface area contributed by atoms with Gasteiger partial charge in [-0.1, -0.05) is 111 Å². The molecule has 0 aliphatic rings. The summed E-state index contributed by atoms with van der Waals surface area (Å²) >= 11 is 7.18. The largest absolute Gasteiger partial charge is 0.380 e. The molecule has 0 amide bonds. The minimum atomic E-state index is -3.84. The maximum atomic E-state index is 13.6. The summed E-state index contributed by atoms with van der Waals surface area (Å²) in [7, 11) is -3.84. The van der Waals surface area contributed by atoms with Crippen molar-refractivity contribution < 1.29 is 8.42 Å². The first kappa shape index (κ1) is 24.9. The number of sulfonamides is 1. The molecule has 6 aromatic carbocycles. The van der Waals surface area contributed by atoms with Crippen molar-refractivity contribution in [2.75, 3.05) is 10.0 Å². The molecule has 0 saturated heterocycles. The van der Waals surface area contributed by atoms with Gasteiger partial charge in [-0.05, 0) is 52.1 Å². The van der Waals surface area contributed by atoms with Gasteiger partial charge in [-0.3, -0.25) is 4.72 Å². The molecule has 0 aliphatic heterocycles. The molecule has 0 radical (unpaired) electrons. The van der Waals surface area contributed by atoms with E-state index >= 15 is 0 Å². The highest BCUT2D eigenvalue weighted by atomic mass is 79.9. The molecule has 2 N–H and O–H groups in total. The van der Waals surface area contributed by atoms with Crippen LogP contribution in [0.2, 0.25) is 0 Å². The minimum absolute atomic E-state index is 0.240. The van der Waals surface area contributed by atoms with Gasteiger partial charge in [-0.15, -0.1) is 0 Å².